The van der Waals surface area contributed by atoms with E-state index >= 15 is 0 Å². The first-order valence-corrected chi connectivity index (χ1v) is 5.55. The van der Waals surface area contributed by atoms with Crippen molar-refractivity contribution >= 4 is 5.91 Å². The number of carbonyl (C=O) groups excluding carboxylic acids is 1. The van der Waals surface area contributed by atoms with Crippen molar-refractivity contribution in [3.8, 4) is 0 Å². The number of rotatable bonds is 3. The Morgan fingerprint density at radius 1 is 1.50 bits per heavy atom. The van der Waals surface area contributed by atoms with Crippen LogP contribution in [0.4, 0.5) is 0 Å². The molecule has 0 aliphatic carbocycles. The van der Waals surface area contributed by atoms with Crippen molar-refractivity contribution in [2.45, 2.75) is 39.5 Å². The molecule has 14 heavy (non-hydrogen) atoms. The summed E-state index contributed by atoms with van der Waals surface area (Å²) in [6, 6.07) is 0. The third-order valence-corrected chi connectivity index (χ3v) is 3.13. The van der Waals surface area contributed by atoms with E-state index in [0.717, 1.165) is 25.8 Å². The van der Waals surface area contributed by atoms with Gasteiger partial charge in [0.2, 0.25) is 5.91 Å². The molecule has 1 atom stereocenters. The summed E-state index contributed by atoms with van der Waals surface area (Å²) < 4.78 is 0. The minimum absolute atomic E-state index is 0.184. The second-order valence-corrected chi connectivity index (χ2v) is 4.90. The zero-order valence-corrected chi connectivity index (χ0v) is 9.31. The van der Waals surface area contributed by atoms with Crippen LogP contribution >= 0.6 is 0 Å². The molecule has 1 fully saturated rings. The number of nitrogens with two attached hydrogens (primary N) is 1. The van der Waals surface area contributed by atoms with Crippen molar-refractivity contribution in [2.24, 2.45) is 17.1 Å². The lowest BCUT2D eigenvalue weighted by molar-refractivity contribution is -0.120. The third-order valence-electron chi connectivity index (χ3n) is 3.13. The zero-order valence-electron chi connectivity index (χ0n) is 9.31. The molecule has 1 saturated heterocycles. The standard InChI is InChI=1S/C11H22N2O/c1-9(2)7-11(8-12)4-3-10(14)13-6-5-11/h9H,3-8,12H2,1-2H3,(H,13,14). The van der Waals surface area contributed by atoms with Crippen LogP contribution in [0.25, 0.3) is 0 Å². The molecule has 0 bridgehead atoms. The molecular weight excluding hydrogens is 176 g/mol. The lowest BCUT2D eigenvalue weighted by atomic mass is 9.74. The summed E-state index contributed by atoms with van der Waals surface area (Å²) in [4.78, 5) is 11.2. The topological polar surface area (TPSA) is 55.1 Å². The summed E-state index contributed by atoms with van der Waals surface area (Å²) >= 11 is 0. The van der Waals surface area contributed by atoms with Gasteiger partial charge in [-0.2, -0.15) is 0 Å². The summed E-state index contributed by atoms with van der Waals surface area (Å²) in [6.07, 6.45) is 3.77. The molecule has 1 aliphatic rings. The molecular formula is C11H22N2O. The van der Waals surface area contributed by atoms with E-state index in [1.54, 1.807) is 0 Å². The first kappa shape index (κ1) is 11.5. The molecule has 0 saturated carbocycles. The molecule has 0 radical (unpaired) electrons. The van der Waals surface area contributed by atoms with Crippen LogP contribution in [0.2, 0.25) is 0 Å². The van der Waals surface area contributed by atoms with Crippen LogP contribution < -0.4 is 11.1 Å². The number of carbonyl (C=O) groups is 1. The Hall–Kier alpha value is -0.570. The van der Waals surface area contributed by atoms with Gasteiger partial charge in [0, 0.05) is 13.0 Å². The van der Waals surface area contributed by atoms with Gasteiger partial charge in [-0.3, -0.25) is 4.79 Å². The van der Waals surface area contributed by atoms with E-state index in [1.807, 2.05) is 0 Å². The predicted octanol–water partition coefficient (Wildman–Crippen LogP) is 1.28. The van der Waals surface area contributed by atoms with Gasteiger partial charge >= 0.3 is 0 Å². The Bertz CT molecular complexity index is 203. The summed E-state index contributed by atoms with van der Waals surface area (Å²) in [5.41, 5.74) is 6.06. The van der Waals surface area contributed by atoms with E-state index < -0.39 is 0 Å². The maximum atomic E-state index is 11.2. The SMILES string of the molecule is CC(C)CC1(CN)CCNC(=O)CC1. The minimum atomic E-state index is 0.184. The molecule has 0 aromatic rings. The fourth-order valence-electron chi connectivity index (χ4n) is 2.42. The predicted molar refractivity (Wildman–Crippen MR) is 57.8 cm³/mol. The first-order chi connectivity index (χ1) is 6.58. The van der Waals surface area contributed by atoms with Crippen molar-refractivity contribution in [2.75, 3.05) is 13.1 Å². The van der Waals surface area contributed by atoms with Gasteiger partial charge in [-0.15, -0.1) is 0 Å². The van der Waals surface area contributed by atoms with E-state index in [9.17, 15) is 4.79 Å². The van der Waals surface area contributed by atoms with Gasteiger partial charge in [-0.25, -0.2) is 0 Å². The molecule has 3 nitrogen and oxygen atoms in total. The maximum Gasteiger partial charge on any atom is 0.220 e. The quantitative estimate of drug-likeness (QED) is 0.717. The van der Waals surface area contributed by atoms with Crippen LogP contribution in [0.15, 0.2) is 0 Å². The highest BCUT2D eigenvalue weighted by molar-refractivity contribution is 5.76. The maximum absolute atomic E-state index is 11.2. The monoisotopic (exact) mass is 198 g/mol. The molecule has 1 unspecified atom stereocenters. The molecule has 3 N–H and O–H groups in total. The lowest BCUT2D eigenvalue weighted by Crippen LogP contribution is -2.33. The van der Waals surface area contributed by atoms with E-state index in [4.69, 9.17) is 5.73 Å². The molecule has 0 spiro atoms. The van der Waals surface area contributed by atoms with Crippen LogP contribution in [0.5, 0.6) is 0 Å². The normalized spacial score (nSPS) is 28.7. The number of nitrogens with one attached hydrogen (secondary N) is 1. The van der Waals surface area contributed by atoms with Gasteiger partial charge in [0.05, 0.1) is 0 Å². The Morgan fingerprint density at radius 2 is 2.21 bits per heavy atom. The highest BCUT2D eigenvalue weighted by Gasteiger charge is 2.31. The number of amides is 1. The fraction of sp³-hybridized carbons (Fsp3) is 0.909. The van der Waals surface area contributed by atoms with Crippen LogP contribution in [0.3, 0.4) is 0 Å². The summed E-state index contributed by atoms with van der Waals surface area (Å²) in [5.74, 6) is 0.843. The Kier molecular flexibility index (Phi) is 3.93. The smallest absolute Gasteiger partial charge is 0.220 e. The molecule has 82 valence electrons. The Morgan fingerprint density at radius 3 is 2.79 bits per heavy atom. The van der Waals surface area contributed by atoms with Crippen molar-refractivity contribution in [3.63, 3.8) is 0 Å². The Balaban J connectivity index is 2.62. The molecule has 1 aliphatic heterocycles. The average Bonchev–Trinajstić information content (AvgIpc) is 2.29. The molecule has 1 heterocycles. The molecule has 0 aromatic carbocycles. The number of hydrogen-bond donors (Lipinski definition) is 2. The number of hydrogen-bond acceptors (Lipinski definition) is 2. The van der Waals surface area contributed by atoms with Gasteiger partial charge in [-0.05, 0) is 37.1 Å². The van der Waals surface area contributed by atoms with Crippen LogP contribution in [0, 0.1) is 11.3 Å². The third kappa shape index (κ3) is 2.98. The van der Waals surface area contributed by atoms with Crippen molar-refractivity contribution in [1.82, 2.24) is 5.32 Å². The summed E-state index contributed by atoms with van der Waals surface area (Å²) in [6.45, 7) is 5.94. The Labute approximate surface area is 86.4 Å². The van der Waals surface area contributed by atoms with Crippen LogP contribution in [0.1, 0.15) is 39.5 Å². The van der Waals surface area contributed by atoms with Gasteiger partial charge in [0.25, 0.3) is 0 Å². The fourth-order valence-corrected chi connectivity index (χ4v) is 2.42. The van der Waals surface area contributed by atoms with Crippen molar-refractivity contribution < 1.29 is 4.79 Å². The van der Waals surface area contributed by atoms with E-state index in [0.29, 0.717) is 18.9 Å². The first-order valence-electron chi connectivity index (χ1n) is 5.55. The summed E-state index contributed by atoms with van der Waals surface area (Å²) in [7, 11) is 0. The van der Waals surface area contributed by atoms with Gasteiger partial charge in [0.1, 0.15) is 0 Å². The molecule has 3 heteroatoms. The van der Waals surface area contributed by atoms with Crippen molar-refractivity contribution in [1.29, 1.82) is 0 Å². The molecule has 1 rings (SSSR count). The average molecular weight is 198 g/mol. The van der Waals surface area contributed by atoms with E-state index in [2.05, 4.69) is 19.2 Å². The molecule has 0 aromatic heterocycles. The van der Waals surface area contributed by atoms with E-state index in [-0.39, 0.29) is 11.3 Å². The highest BCUT2D eigenvalue weighted by Crippen LogP contribution is 2.35. The second kappa shape index (κ2) is 4.78. The van der Waals surface area contributed by atoms with Crippen LogP contribution in [-0.2, 0) is 4.79 Å². The van der Waals surface area contributed by atoms with Crippen molar-refractivity contribution in [3.05, 3.63) is 0 Å². The van der Waals surface area contributed by atoms with Gasteiger partial charge in [-0.1, -0.05) is 13.8 Å². The van der Waals surface area contributed by atoms with Crippen LogP contribution in [-0.4, -0.2) is 19.0 Å². The van der Waals surface area contributed by atoms with Gasteiger partial charge in [0.15, 0.2) is 0 Å². The largest absolute Gasteiger partial charge is 0.356 e. The minimum Gasteiger partial charge on any atom is -0.356 e. The zero-order chi connectivity index (χ0) is 10.6. The van der Waals surface area contributed by atoms with E-state index in [1.165, 1.54) is 0 Å². The van der Waals surface area contributed by atoms with Gasteiger partial charge < -0.3 is 11.1 Å². The molecule has 1 amide bonds. The highest BCUT2D eigenvalue weighted by atomic mass is 16.1. The summed E-state index contributed by atoms with van der Waals surface area (Å²) in [5, 5.41) is 2.91. The second-order valence-electron chi connectivity index (χ2n) is 4.90. The lowest BCUT2D eigenvalue weighted by Gasteiger charge is -2.32.